The van der Waals surface area contributed by atoms with Crippen LogP contribution in [0.25, 0.3) is 0 Å². The Balaban J connectivity index is 2.26. The molecule has 0 aliphatic rings. The molecule has 0 saturated carbocycles. The molecule has 8 heteroatoms. The molecular formula is C21H22Cl4N2O2. The summed E-state index contributed by atoms with van der Waals surface area (Å²) in [5, 5.41) is 4.45. The van der Waals surface area contributed by atoms with E-state index < -0.39 is 6.04 Å². The Labute approximate surface area is 191 Å². The van der Waals surface area contributed by atoms with Gasteiger partial charge in [-0.1, -0.05) is 65.5 Å². The van der Waals surface area contributed by atoms with Crippen molar-refractivity contribution < 1.29 is 9.59 Å². The van der Waals surface area contributed by atoms with Gasteiger partial charge in [-0.2, -0.15) is 0 Å². The Bertz CT molecular complexity index is 889. The summed E-state index contributed by atoms with van der Waals surface area (Å²) in [5.74, 6) is -0.428. The molecule has 156 valence electrons. The van der Waals surface area contributed by atoms with Gasteiger partial charge in [-0.3, -0.25) is 9.59 Å². The lowest BCUT2D eigenvalue weighted by Crippen LogP contribution is -2.48. The minimum absolute atomic E-state index is 0.0869. The molecule has 2 rings (SSSR count). The van der Waals surface area contributed by atoms with Crippen LogP contribution in [0.1, 0.15) is 31.4 Å². The fraction of sp³-hybridized carbons (Fsp3) is 0.333. The second-order valence-corrected chi connectivity index (χ2v) is 8.29. The normalized spacial score (nSPS) is 11.8. The highest BCUT2D eigenvalue weighted by atomic mass is 35.5. The summed E-state index contributed by atoms with van der Waals surface area (Å²) in [5.41, 5.74) is 1.49. The first kappa shape index (κ1) is 23.8. The summed E-state index contributed by atoms with van der Waals surface area (Å²) in [6, 6.07) is 9.53. The summed E-state index contributed by atoms with van der Waals surface area (Å²) in [4.78, 5) is 27.1. The van der Waals surface area contributed by atoms with Crippen molar-refractivity contribution in [2.24, 2.45) is 0 Å². The van der Waals surface area contributed by atoms with Crippen LogP contribution in [0.5, 0.6) is 0 Å². The van der Waals surface area contributed by atoms with Crippen LogP contribution in [0.15, 0.2) is 36.4 Å². The number of nitrogens with one attached hydrogen (secondary N) is 1. The largest absolute Gasteiger partial charge is 0.354 e. The third kappa shape index (κ3) is 6.78. The number of carbonyl (C=O) groups is 2. The molecule has 1 N–H and O–H groups in total. The van der Waals surface area contributed by atoms with Gasteiger partial charge in [0, 0.05) is 13.1 Å². The van der Waals surface area contributed by atoms with Crippen LogP contribution < -0.4 is 5.32 Å². The number of nitrogens with zero attached hydrogens (tertiary/aromatic N) is 1. The molecule has 0 bridgehead atoms. The minimum Gasteiger partial charge on any atom is -0.354 e. The number of carbonyl (C=O) groups excluding carboxylic acids is 2. The molecule has 0 aromatic heterocycles. The van der Waals surface area contributed by atoms with E-state index in [1.165, 1.54) is 4.90 Å². The SMILES string of the molecule is CCCNC(=O)C(C)N(Cc1ccc(Cl)c(Cl)c1)C(=O)Cc1ccc(Cl)c(Cl)c1. The molecule has 2 amide bonds. The molecule has 0 radical (unpaired) electrons. The van der Waals surface area contributed by atoms with Gasteiger partial charge in [-0.05, 0) is 48.7 Å². The molecule has 29 heavy (non-hydrogen) atoms. The fourth-order valence-electron chi connectivity index (χ4n) is 2.74. The lowest BCUT2D eigenvalue weighted by atomic mass is 10.1. The highest BCUT2D eigenvalue weighted by Crippen LogP contribution is 2.25. The first-order valence-corrected chi connectivity index (χ1v) is 10.7. The number of rotatable bonds is 8. The van der Waals surface area contributed by atoms with Crippen LogP contribution in [0.4, 0.5) is 0 Å². The molecule has 4 nitrogen and oxygen atoms in total. The lowest BCUT2D eigenvalue weighted by molar-refractivity contribution is -0.140. The standard InChI is InChI=1S/C21H22Cl4N2O2/c1-3-8-26-21(29)13(2)27(12-15-5-7-17(23)19(25)10-15)20(28)11-14-4-6-16(22)18(24)9-14/h4-7,9-10,13H,3,8,11-12H2,1-2H3,(H,26,29). The third-order valence-electron chi connectivity index (χ3n) is 4.39. The summed E-state index contributed by atoms with van der Waals surface area (Å²) >= 11 is 24.1. The molecular weight excluding hydrogens is 454 g/mol. The summed E-state index contributed by atoms with van der Waals surface area (Å²) in [6.45, 7) is 4.44. The van der Waals surface area contributed by atoms with E-state index in [-0.39, 0.29) is 24.8 Å². The summed E-state index contributed by atoms with van der Waals surface area (Å²) in [7, 11) is 0. The quantitative estimate of drug-likeness (QED) is 0.525. The third-order valence-corrected chi connectivity index (χ3v) is 5.87. The average molecular weight is 476 g/mol. The minimum atomic E-state index is -0.661. The van der Waals surface area contributed by atoms with E-state index in [2.05, 4.69) is 5.32 Å². The molecule has 2 aromatic rings. The van der Waals surface area contributed by atoms with Gasteiger partial charge >= 0.3 is 0 Å². The molecule has 0 aliphatic heterocycles. The molecule has 0 aliphatic carbocycles. The van der Waals surface area contributed by atoms with Gasteiger partial charge in [-0.25, -0.2) is 0 Å². The van der Waals surface area contributed by atoms with Crippen LogP contribution in [-0.4, -0.2) is 29.3 Å². The van der Waals surface area contributed by atoms with Crippen molar-refractivity contribution in [3.8, 4) is 0 Å². The second kappa shape index (κ2) is 11.1. The molecule has 2 aromatic carbocycles. The molecule has 0 saturated heterocycles. The second-order valence-electron chi connectivity index (χ2n) is 6.66. The van der Waals surface area contributed by atoms with E-state index in [9.17, 15) is 9.59 Å². The predicted octanol–water partition coefficient (Wildman–Crippen LogP) is 5.79. The number of halogens is 4. The number of benzene rings is 2. The van der Waals surface area contributed by atoms with Gasteiger partial charge < -0.3 is 10.2 Å². The van der Waals surface area contributed by atoms with Crippen molar-refractivity contribution in [3.05, 3.63) is 67.6 Å². The average Bonchev–Trinajstić information content (AvgIpc) is 2.69. The number of hydrogen-bond acceptors (Lipinski definition) is 2. The highest BCUT2D eigenvalue weighted by Gasteiger charge is 2.26. The van der Waals surface area contributed by atoms with Crippen LogP contribution in [0.3, 0.4) is 0 Å². The summed E-state index contributed by atoms with van der Waals surface area (Å²) in [6.07, 6.45) is 0.895. The van der Waals surface area contributed by atoms with Crippen LogP contribution in [0.2, 0.25) is 20.1 Å². The number of hydrogen-bond donors (Lipinski definition) is 1. The number of amides is 2. The highest BCUT2D eigenvalue weighted by molar-refractivity contribution is 6.42. The van der Waals surface area contributed by atoms with E-state index in [4.69, 9.17) is 46.4 Å². The summed E-state index contributed by atoms with van der Waals surface area (Å²) < 4.78 is 0. The monoisotopic (exact) mass is 474 g/mol. The van der Waals surface area contributed by atoms with Crippen molar-refractivity contribution >= 4 is 58.2 Å². The van der Waals surface area contributed by atoms with Gasteiger partial charge in [0.25, 0.3) is 0 Å². The lowest BCUT2D eigenvalue weighted by Gasteiger charge is -2.29. The van der Waals surface area contributed by atoms with Crippen molar-refractivity contribution in [3.63, 3.8) is 0 Å². The molecule has 1 atom stereocenters. The van der Waals surface area contributed by atoms with Crippen molar-refractivity contribution in [2.75, 3.05) is 6.54 Å². The van der Waals surface area contributed by atoms with Crippen LogP contribution in [0, 0.1) is 0 Å². The first-order valence-electron chi connectivity index (χ1n) is 9.18. The van der Waals surface area contributed by atoms with E-state index in [0.717, 1.165) is 12.0 Å². The molecule has 0 heterocycles. The van der Waals surface area contributed by atoms with Gasteiger partial charge in [0.05, 0.1) is 26.5 Å². The fourth-order valence-corrected chi connectivity index (χ4v) is 3.38. The maximum atomic E-state index is 13.1. The van der Waals surface area contributed by atoms with Gasteiger partial charge in [0.1, 0.15) is 6.04 Å². The Morgan fingerprint density at radius 2 is 1.48 bits per heavy atom. The van der Waals surface area contributed by atoms with Crippen LogP contribution in [-0.2, 0) is 22.6 Å². The molecule has 0 fully saturated rings. The zero-order valence-corrected chi connectivity index (χ0v) is 19.2. The Kier molecular flexibility index (Phi) is 9.09. The van der Waals surface area contributed by atoms with E-state index in [0.29, 0.717) is 32.2 Å². The zero-order chi connectivity index (χ0) is 21.6. The Hall–Kier alpha value is -1.46. The zero-order valence-electron chi connectivity index (χ0n) is 16.1. The van der Waals surface area contributed by atoms with Gasteiger partial charge in [-0.15, -0.1) is 0 Å². The predicted molar refractivity (Wildman–Crippen MR) is 120 cm³/mol. The topological polar surface area (TPSA) is 49.4 Å². The van der Waals surface area contributed by atoms with E-state index in [1.54, 1.807) is 43.3 Å². The van der Waals surface area contributed by atoms with E-state index in [1.807, 2.05) is 6.92 Å². The van der Waals surface area contributed by atoms with Crippen molar-refractivity contribution in [2.45, 2.75) is 39.3 Å². The smallest absolute Gasteiger partial charge is 0.242 e. The Morgan fingerprint density at radius 1 is 0.931 bits per heavy atom. The molecule has 0 spiro atoms. The van der Waals surface area contributed by atoms with Gasteiger partial charge in [0.15, 0.2) is 0 Å². The van der Waals surface area contributed by atoms with Crippen LogP contribution >= 0.6 is 46.4 Å². The van der Waals surface area contributed by atoms with Gasteiger partial charge in [0.2, 0.25) is 11.8 Å². The van der Waals surface area contributed by atoms with E-state index >= 15 is 0 Å². The first-order chi connectivity index (χ1) is 13.7. The van der Waals surface area contributed by atoms with Crippen molar-refractivity contribution in [1.82, 2.24) is 10.2 Å². The maximum absolute atomic E-state index is 13.1. The van der Waals surface area contributed by atoms with Crippen molar-refractivity contribution in [1.29, 1.82) is 0 Å². The maximum Gasteiger partial charge on any atom is 0.242 e. The Morgan fingerprint density at radius 3 is 2.03 bits per heavy atom. The molecule has 1 unspecified atom stereocenters.